The van der Waals surface area contributed by atoms with E-state index >= 15 is 0 Å². The SMILES string of the molecule is Fc1cc(Br)cc(CN2CCN(C3CCNC3)CC2)c1. The molecule has 0 aromatic heterocycles. The van der Waals surface area contributed by atoms with Gasteiger partial charge in [0.1, 0.15) is 5.82 Å². The second kappa shape index (κ2) is 6.52. The van der Waals surface area contributed by atoms with Gasteiger partial charge in [-0.2, -0.15) is 0 Å². The van der Waals surface area contributed by atoms with Crippen molar-refractivity contribution in [2.24, 2.45) is 0 Å². The fraction of sp³-hybridized carbons (Fsp3) is 0.600. The smallest absolute Gasteiger partial charge is 0.124 e. The topological polar surface area (TPSA) is 18.5 Å². The molecule has 1 aromatic carbocycles. The monoisotopic (exact) mass is 341 g/mol. The van der Waals surface area contributed by atoms with Crippen LogP contribution in [0.2, 0.25) is 0 Å². The Hall–Kier alpha value is -0.490. The van der Waals surface area contributed by atoms with Crippen LogP contribution in [0.15, 0.2) is 22.7 Å². The zero-order valence-electron chi connectivity index (χ0n) is 11.6. The number of halogens is 2. The minimum Gasteiger partial charge on any atom is -0.315 e. The first-order valence-corrected chi connectivity index (χ1v) is 8.12. The molecule has 0 aliphatic carbocycles. The van der Waals surface area contributed by atoms with Crippen LogP contribution in [0.3, 0.4) is 0 Å². The molecule has 0 saturated carbocycles. The molecule has 2 aliphatic heterocycles. The van der Waals surface area contributed by atoms with Crippen LogP contribution in [0.5, 0.6) is 0 Å². The highest BCUT2D eigenvalue weighted by molar-refractivity contribution is 9.10. The summed E-state index contributed by atoms with van der Waals surface area (Å²) < 4.78 is 14.2. The maximum Gasteiger partial charge on any atom is 0.124 e. The fourth-order valence-electron chi connectivity index (χ4n) is 3.20. The van der Waals surface area contributed by atoms with E-state index in [-0.39, 0.29) is 5.82 Å². The molecule has 20 heavy (non-hydrogen) atoms. The van der Waals surface area contributed by atoms with Gasteiger partial charge in [-0.05, 0) is 36.7 Å². The molecular formula is C15H21BrFN3. The van der Waals surface area contributed by atoms with E-state index in [1.807, 2.05) is 6.07 Å². The lowest BCUT2D eigenvalue weighted by Crippen LogP contribution is -2.50. The van der Waals surface area contributed by atoms with Crippen LogP contribution >= 0.6 is 15.9 Å². The van der Waals surface area contributed by atoms with Crippen molar-refractivity contribution in [3.8, 4) is 0 Å². The van der Waals surface area contributed by atoms with Crippen LogP contribution in [-0.4, -0.2) is 55.1 Å². The van der Waals surface area contributed by atoms with Crippen LogP contribution < -0.4 is 5.32 Å². The Morgan fingerprint density at radius 3 is 2.65 bits per heavy atom. The van der Waals surface area contributed by atoms with E-state index in [0.29, 0.717) is 0 Å². The molecule has 1 N–H and O–H groups in total. The van der Waals surface area contributed by atoms with Crippen molar-refractivity contribution in [3.63, 3.8) is 0 Å². The van der Waals surface area contributed by atoms with Crippen molar-refractivity contribution in [1.29, 1.82) is 0 Å². The lowest BCUT2D eigenvalue weighted by atomic mass is 10.1. The molecule has 5 heteroatoms. The number of hydrogen-bond acceptors (Lipinski definition) is 3. The average Bonchev–Trinajstić information content (AvgIpc) is 2.92. The summed E-state index contributed by atoms with van der Waals surface area (Å²) in [5.41, 5.74) is 1.05. The average molecular weight is 342 g/mol. The van der Waals surface area contributed by atoms with E-state index in [4.69, 9.17) is 0 Å². The molecule has 1 unspecified atom stereocenters. The first kappa shape index (κ1) is 14.4. The van der Waals surface area contributed by atoms with E-state index in [1.54, 1.807) is 6.07 Å². The zero-order chi connectivity index (χ0) is 13.9. The van der Waals surface area contributed by atoms with Gasteiger partial charge in [0.25, 0.3) is 0 Å². The largest absolute Gasteiger partial charge is 0.315 e. The highest BCUT2D eigenvalue weighted by Gasteiger charge is 2.25. The molecule has 1 atom stereocenters. The van der Waals surface area contributed by atoms with Crippen molar-refractivity contribution >= 4 is 15.9 Å². The summed E-state index contributed by atoms with van der Waals surface area (Å²) in [6.45, 7) is 7.53. The lowest BCUT2D eigenvalue weighted by molar-refractivity contribution is 0.0981. The van der Waals surface area contributed by atoms with Gasteiger partial charge in [-0.3, -0.25) is 9.80 Å². The summed E-state index contributed by atoms with van der Waals surface area (Å²) in [4.78, 5) is 5.01. The molecule has 0 radical (unpaired) electrons. The number of nitrogens with zero attached hydrogens (tertiary/aromatic N) is 2. The molecule has 0 amide bonds. The number of hydrogen-bond donors (Lipinski definition) is 1. The minimum atomic E-state index is -0.162. The predicted octanol–water partition coefficient (Wildman–Crippen LogP) is 2.07. The molecule has 0 spiro atoms. The maximum atomic E-state index is 13.4. The molecule has 2 aliphatic rings. The van der Waals surface area contributed by atoms with Gasteiger partial charge in [0.2, 0.25) is 0 Å². The molecule has 2 fully saturated rings. The van der Waals surface area contributed by atoms with Crippen molar-refractivity contribution in [1.82, 2.24) is 15.1 Å². The molecule has 3 nitrogen and oxygen atoms in total. The number of benzene rings is 1. The molecule has 0 bridgehead atoms. The summed E-state index contributed by atoms with van der Waals surface area (Å²) in [6.07, 6.45) is 1.27. The van der Waals surface area contributed by atoms with Crippen LogP contribution in [0.1, 0.15) is 12.0 Å². The fourth-order valence-corrected chi connectivity index (χ4v) is 3.71. The third-order valence-electron chi connectivity index (χ3n) is 4.29. The van der Waals surface area contributed by atoms with Crippen molar-refractivity contribution in [2.75, 3.05) is 39.3 Å². The summed E-state index contributed by atoms with van der Waals surface area (Å²) in [7, 11) is 0. The molecule has 110 valence electrons. The molecule has 3 rings (SSSR count). The number of rotatable bonds is 3. The maximum absolute atomic E-state index is 13.4. The van der Waals surface area contributed by atoms with Crippen molar-refractivity contribution in [3.05, 3.63) is 34.1 Å². The zero-order valence-corrected chi connectivity index (χ0v) is 13.2. The van der Waals surface area contributed by atoms with Crippen LogP contribution in [0, 0.1) is 5.82 Å². The van der Waals surface area contributed by atoms with E-state index in [9.17, 15) is 4.39 Å². The molecule has 1 aromatic rings. The van der Waals surface area contributed by atoms with Crippen LogP contribution in [-0.2, 0) is 6.54 Å². The summed E-state index contributed by atoms with van der Waals surface area (Å²) in [6, 6.07) is 5.88. The van der Waals surface area contributed by atoms with Gasteiger partial charge in [0.05, 0.1) is 0 Å². The second-order valence-corrected chi connectivity index (χ2v) is 6.65. The minimum absolute atomic E-state index is 0.162. The van der Waals surface area contributed by atoms with E-state index in [1.165, 1.54) is 12.5 Å². The van der Waals surface area contributed by atoms with Crippen LogP contribution in [0.25, 0.3) is 0 Å². The van der Waals surface area contributed by atoms with E-state index < -0.39 is 0 Å². The van der Waals surface area contributed by atoms with E-state index in [0.717, 1.165) is 61.9 Å². The highest BCUT2D eigenvalue weighted by Crippen LogP contribution is 2.18. The van der Waals surface area contributed by atoms with Gasteiger partial charge in [-0.25, -0.2) is 4.39 Å². The molecule has 2 saturated heterocycles. The Kier molecular flexibility index (Phi) is 4.71. The first-order valence-electron chi connectivity index (χ1n) is 7.33. The Morgan fingerprint density at radius 1 is 1.20 bits per heavy atom. The third-order valence-corrected chi connectivity index (χ3v) is 4.74. The van der Waals surface area contributed by atoms with Crippen molar-refractivity contribution < 1.29 is 4.39 Å². The van der Waals surface area contributed by atoms with Gasteiger partial charge in [0.15, 0.2) is 0 Å². The lowest BCUT2D eigenvalue weighted by Gasteiger charge is -2.37. The van der Waals surface area contributed by atoms with Gasteiger partial charge >= 0.3 is 0 Å². The Balaban J connectivity index is 1.53. The quantitative estimate of drug-likeness (QED) is 0.907. The molecule has 2 heterocycles. The third kappa shape index (κ3) is 3.58. The molecular weight excluding hydrogens is 321 g/mol. The van der Waals surface area contributed by atoms with Crippen LogP contribution in [0.4, 0.5) is 4.39 Å². The predicted molar refractivity (Wildman–Crippen MR) is 82.2 cm³/mol. The Morgan fingerprint density at radius 2 is 2.00 bits per heavy atom. The Labute approximate surface area is 128 Å². The second-order valence-electron chi connectivity index (χ2n) is 5.74. The summed E-state index contributed by atoms with van der Waals surface area (Å²) >= 11 is 3.36. The standard InChI is InChI=1S/C15H21BrFN3/c16-13-7-12(8-14(17)9-13)11-19-3-5-20(6-4-19)15-1-2-18-10-15/h7-9,15,18H,1-6,10-11H2. The number of piperazine rings is 1. The van der Waals surface area contributed by atoms with Gasteiger partial charge < -0.3 is 5.32 Å². The van der Waals surface area contributed by atoms with Gasteiger partial charge in [0, 0.05) is 49.8 Å². The summed E-state index contributed by atoms with van der Waals surface area (Å²) in [5, 5.41) is 3.43. The normalized spacial score (nSPS) is 25.2. The summed E-state index contributed by atoms with van der Waals surface area (Å²) in [5.74, 6) is -0.162. The van der Waals surface area contributed by atoms with Gasteiger partial charge in [-0.1, -0.05) is 15.9 Å². The first-order chi connectivity index (χ1) is 9.70. The number of nitrogens with one attached hydrogen (secondary N) is 1. The highest BCUT2D eigenvalue weighted by atomic mass is 79.9. The van der Waals surface area contributed by atoms with Gasteiger partial charge in [-0.15, -0.1) is 0 Å². The van der Waals surface area contributed by atoms with Crippen molar-refractivity contribution in [2.45, 2.75) is 19.0 Å². The Bertz CT molecular complexity index is 434. The van der Waals surface area contributed by atoms with E-state index in [2.05, 4.69) is 31.0 Å².